The van der Waals surface area contributed by atoms with Crippen LogP contribution in [0.3, 0.4) is 0 Å². The highest BCUT2D eigenvalue weighted by Crippen LogP contribution is 2.37. The molecule has 2 aromatic rings. The third-order valence-corrected chi connectivity index (χ3v) is 3.91. The summed E-state index contributed by atoms with van der Waals surface area (Å²) >= 11 is 13.1. The van der Waals surface area contributed by atoms with Crippen LogP contribution in [0, 0.1) is 0 Å². The number of hydrogen-bond acceptors (Lipinski definition) is 3. The molecule has 1 heterocycles. The van der Waals surface area contributed by atoms with Crippen molar-refractivity contribution in [1.82, 2.24) is 0 Å². The molecule has 17 heavy (non-hydrogen) atoms. The second kappa shape index (κ2) is 5.27. The second-order valence-electron chi connectivity index (χ2n) is 3.46. The first-order valence-electron chi connectivity index (χ1n) is 4.88. The van der Waals surface area contributed by atoms with E-state index in [1.807, 2.05) is 18.2 Å². The first-order chi connectivity index (χ1) is 8.11. The molecule has 1 aromatic carbocycles. The molecule has 1 atom stereocenters. The lowest BCUT2D eigenvalue weighted by Crippen LogP contribution is -1.99. The van der Waals surface area contributed by atoms with Crippen LogP contribution in [0.25, 0.3) is 0 Å². The Labute approximate surface area is 113 Å². The van der Waals surface area contributed by atoms with Crippen molar-refractivity contribution < 1.29 is 9.84 Å². The minimum absolute atomic E-state index is 0.505. The summed E-state index contributed by atoms with van der Waals surface area (Å²) in [4.78, 5) is 0. The zero-order valence-electron chi connectivity index (χ0n) is 8.98. The molecule has 5 heteroatoms. The molecule has 2 rings (SSSR count). The van der Waals surface area contributed by atoms with Gasteiger partial charge in [0, 0.05) is 5.56 Å². The highest BCUT2D eigenvalue weighted by atomic mass is 35.5. The molecule has 0 amide bonds. The number of thiophene rings is 1. The van der Waals surface area contributed by atoms with Gasteiger partial charge in [0.25, 0.3) is 0 Å². The normalized spacial score (nSPS) is 12.5. The SMILES string of the molecule is COc1cccc(C(O)c2cc(Cl)sc2Cl)c1. The molecular weight excluding hydrogens is 279 g/mol. The molecule has 0 spiro atoms. The minimum Gasteiger partial charge on any atom is -0.497 e. The standard InChI is InChI=1S/C12H10Cl2O2S/c1-16-8-4-2-3-7(5-8)11(15)9-6-10(13)17-12(9)14/h2-6,11,15H,1H3. The van der Waals surface area contributed by atoms with Crippen LogP contribution in [0.1, 0.15) is 17.2 Å². The van der Waals surface area contributed by atoms with E-state index in [0.29, 0.717) is 20.0 Å². The number of aliphatic hydroxyl groups excluding tert-OH is 1. The van der Waals surface area contributed by atoms with Gasteiger partial charge in [0.2, 0.25) is 0 Å². The van der Waals surface area contributed by atoms with E-state index >= 15 is 0 Å². The fraction of sp³-hybridized carbons (Fsp3) is 0.167. The van der Waals surface area contributed by atoms with Gasteiger partial charge in [-0.1, -0.05) is 35.3 Å². The zero-order valence-corrected chi connectivity index (χ0v) is 11.3. The maximum Gasteiger partial charge on any atom is 0.119 e. The van der Waals surface area contributed by atoms with E-state index in [2.05, 4.69) is 0 Å². The number of halogens is 2. The Bertz CT molecular complexity index is 525. The van der Waals surface area contributed by atoms with Crippen LogP contribution in [0.4, 0.5) is 0 Å². The second-order valence-corrected chi connectivity index (χ2v) is 5.74. The van der Waals surface area contributed by atoms with Gasteiger partial charge in [-0.2, -0.15) is 0 Å². The molecule has 0 aliphatic heterocycles. The summed E-state index contributed by atoms with van der Waals surface area (Å²) in [6.07, 6.45) is -0.790. The molecule has 1 N–H and O–H groups in total. The largest absolute Gasteiger partial charge is 0.497 e. The van der Waals surface area contributed by atoms with Crippen LogP contribution in [0.15, 0.2) is 30.3 Å². The third-order valence-electron chi connectivity index (χ3n) is 2.39. The van der Waals surface area contributed by atoms with Crippen molar-refractivity contribution in [3.05, 3.63) is 50.1 Å². The van der Waals surface area contributed by atoms with E-state index in [-0.39, 0.29) is 0 Å². The summed E-state index contributed by atoms with van der Waals surface area (Å²) in [5.74, 6) is 0.694. The van der Waals surface area contributed by atoms with Crippen molar-refractivity contribution in [2.75, 3.05) is 7.11 Å². The lowest BCUT2D eigenvalue weighted by Gasteiger charge is -2.11. The van der Waals surface area contributed by atoms with Gasteiger partial charge >= 0.3 is 0 Å². The maximum absolute atomic E-state index is 10.2. The van der Waals surface area contributed by atoms with Crippen LogP contribution >= 0.6 is 34.5 Å². The average molecular weight is 289 g/mol. The Morgan fingerprint density at radius 1 is 1.29 bits per heavy atom. The van der Waals surface area contributed by atoms with Crippen molar-refractivity contribution in [1.29, 1.82) is 0 Å². The van der Waals surface area contributed by atoms with Crippen molar-refractivity contribution >= 4 is 34.5 Å². The van der Waals surface area contributed by atoms with E-state index in [1.165, 1.54) is 11.3 Å². The summed E-state index contributed by atoms with van der Waals surface area (Å²) < 4.78 is 6.18. The fourth-order valence-electron chi connectivity index (χ4n) is 1.53. The Kier molecular flexibility index (Phi) is 3.94. The van der Waals surface area contributed by atoms with Crippen LogP contribution in [0.2, 0.25) is 8.67 Å². The van der Waals surface area contributed by atoms with E-state index < -0.39 is 6.10 Å². The summed E-state index contributed by atoms with van der Waals surface area (Å²) in [6, 6.07) is 8.90. The Balaban J connectivity index is 2.36. The van der Waals surface area contributed by atoms with Crippen LogP contribution < -0.4 is 4.74 Å². The molecule has 2 nitrogen and oxygen atoms in total. The molecule has 0 radical (unpaired) electrons. The van der Waals surface area contributed by atoms with Gasteiger partial charge in [-0.25, -0.2) is 0 Å². The Morgan fingerprint density at radius 2 is 2.06 bits per heavy atom. The average Bonchev–Trinajstić information content (AvgIpc) is 2.67. The van der Waals surface area contributed by atoms with Gasteiger partial charge in [0.15, 0.2) is 0 Å². The van der Waals surface area contributed by atoms with Gasteiger partial charge in [-0.05, 0) is 23.8 Å². The van der Waals surface area contributed by atoms with Crippen molar-refractivity contribution in [3.63, 3.8) is 0 Å². The van der Waals surface area contributed by atoms with Crippen LogP contribution in [-0.4, -0.2) is 12.2 Å². The molecule has 90 valence electrons. The smallest absolute Gasteiger partial charge is 0.119 e. The first kappa shape index (κ1) is 12.7. The summed E-state index contributed by atoms with van der Waals surface area (Å²) in [5, 5.41) is 10.2. The molecule has 0 aliphatic rings. The molecule has 1 unspecified atom stereocenters. The number of benzene rings is 1. The van der Waals surface area contributed by atoms with Gasteiger partial charge in [-0.3, -0.25) is 0 Å². The Morgan fingerprint density at radius 3 is 2.65 bits per heavy atom. The molecule has 0 saturated heterocycles. The number of aliphatic hydroxyl groups is 1. The third kappa shape index (κ3) is 2.75. The monoisotopic (exact) mass is 288 g/mol. The molecule has 0 aliphatic carbocycles. The van der Waals surface area contributed by atoms with Crippen molar-refractivity contribution in [2.45, 2.75) is 6.10 Å². The topological polar surface area (TPSA) is 29.5 Å². The fourth-order valence-corrected chi connectivity index (χ4v) is 3.05. The number of hydrogen-bond donors (Lipinski definition) is 1. The number of rotatable bonds is 3. The molecular formula is C12H10Cl2O2S. The van der Waals surface area contributed by atoms with Gasteiger partial charge in [0.1, 0.15) is 16.2 Å². The molecule has 1 aromatic heterocycles. The first-order valence-corrected chi connectivity index (χ1v) is 6.46. The van der Waals surface area contributed by atoms with Crippen LogP contribution in [-0.2, 0) is 0 Å². The molecule has 0 fully saturated rings. The van der Waals surface area contributed by atoms with E-state index in [4.69, 9.17) is 27.9 Å². The maximum atomic E-state index is 10.2. The number of methoxy groups -OCH3 is 1. The quantitative estimate of drug-likeness (QED) is 0.920. The summed E-state index contributed by atoms with van der Waals surface area (Å²) in [7, 11) is 1.58. The number of ether oxygens (including phenoxy) is 1. The highest BCUT2D eigenvalue weighted by Gasteiger charge is 2.17. The van der Waals surface area contributed by atoms with Crippen LogP contribution in [0.5, 0.6) is 5.75 Å². The predicted octanol–water partition coefficient (Wildman–Crippen LogP) is 4.15. The lowest BCUT2D eigenvalue weighted by molar-refractivity contribution is 0.220. The van der Waals surface area contributed by atoms with Gasteiger partial charge in [0.05, 0.1) is 11.4 Å². The van der Waals surface area contributed by atoms with Crippen molar-refractivity contribution in [3.8, 4) is 5.75 Å². The van der Waals surface area contributed by atoms with E-state index in [0.717, 1.165) is 5.56 Å². The highest BCUT2D eigenvalue weighted by molar-refractivity contribution is 7.20. The van der Waals surface area contributed by atoms with Crippen molar-refractivity contribution in [2.24, 2.45) is 0 Å². The summed E-state index contributed by atoms with van der Waals surface area (Å²) in [5.41, 5.74) is 1.34. The predicted molar refractivity (Wildman–Crippen MR) is 71.4 cm³/mol. The molecule has 0 saturated carbocycles. The summed E-state index contributed by atoms with van der Waals surface area (Å²) in [6.45, 7) is 0. The van der Waals surface area contributed by atoms with E-state index in [9.17, 15) is 5.11 Å². The molecule has 0 bridgehead atoms. The zero-order chi connectivity index (χ0) is 12.4. The van der Waals surface area contributed by atoms with Gasteiger partial charge in [-0.15, -0.1) is 11.3 Å². The van der Waals surface area contributed by atoms with E-state index in [1.54, 1.807) is 19.2 Å². The van der Waals surface area contributed by atoms with Gasteiger partial charge < -0.3 is 9.84 Å². The minimum atomic E-state index is -0.790. The lowest BCUT2D eigenvalue weighted by atomic mass is 10.0. The Hall–Kier alpha value is -0.740.